The first-order valence-electron chi connectivity index (χ1n) is 7.38. The monoisotopic (exact) mass is 335 g/mol. The molecule has 1 fully saturated rings. The van der Waals surface area contributed by atoms with Gasteiger partial charge >= 0.3 is 0 Å². The van der Waals surface area contributed by atoms with Crippen LogP contribution in [0.5, 0.6) is 0 Å². The fourth-order valence-electron chi connectivity index (χ4n) is 2.11. The van der Waals surface area contributed by atoms with E-state index < -0.39 is 18.1 Å². The zero-order valence-electron chi connectivity index (χ0n) is 12.7. The molecule has 1 aliphatic heterocycles. The lowest BCUT2D eigenvalue weighted by Gasteiger charge is -2.32. The first kappa shape index (κ1) is 16.5. The Balaban J connectivity index is 1.47. The number of carbonyl (C=O) groups excluding carboxylic acids is 1. The summed E-state index contributed by atoms with van der Waals surface area (Å²) in [6, 6.07) is 9.33. The van der Waals surface area contributed by atoms with Crippen molar-refractivity contribution in [2.75, 3.05) is 19.8 Å². The van der Waals surface area contributed by atoms with Gasteiger partial charge in [0.25, 0.3) is 11.8 Å². The largest absolute Gasteiger partial charge is 0.388 e. The Hall–Kier alpha value is -2.33. The van der Waals surface area contributed by atoms with Crippen LogP contribution in [-0.4, -0.2) is 63.3 Å². The number of hydrogen-bond donors (Lipinski definition) is 2. The van der Waals surface area contributed by atoms with Crippen LogP contribution >= 0.6 is 0 Å². The average molecular weight is 335 g/mol. The van der Waals surface area contributed by atoms with Crippen molar-refractivity contribution in [1.82, 2.24) is 15.2 Å². The molecule has 1 aliphatic rings. The number of aliphatic hydroxyl groups is 2. The molecule has 2 heterocycles. The first-order valence-corrected chi connectivity index (χ1v) is 7.38. The van der Waals surface area contributed by atoms with Gasteiger partial charge in [0.15, 0.2) is 0 Å². The molecule has 24 heavy (non-hydrogen) atoms. The zero-order chi connectivity index (χ0) is 16.9. The number of β-amino-alcohol motifs (C(OH)–C–C–N with tert-alkyl or cyclic N) is 1. The molecule has 0 radical (unpaired) electrons. The fraction of sp³-hybridized carbons (Fsp3) is 0.400. The smallest absolute Gasteiger partial charge is 0.272 e. The number of carbonyl (C=O) groups is 1. The second kappa shape index (κ2) is 7.49. The third-order valence-electron chi connectivity index (χ3n) is 3.43. The van der Waals surface area contributed by atoms with Crippen LogP contribution in [0, 0.1) is 0 Å². The van der Waals surface area contributed by atoms with Gasteiger partial charge in [-0.1, -0.05) is 35.5 Å². The van der Waals surface area contributed by atoms with E-state index in [0.717, 1.165) is 10.6 Å². The number of aromatic nitrogens is 2. The standard InChI is InChI=1S/C15H17N3O6/c19-11-6-18(23-7-12(11)20)14(21)9-22-8-13-16-15(17-24-13)10-4-2-1-3-5-10/h1-5,11-12,19-20H,6-9H2/t11-,12+/m0/s1. The van der Waals surface area contributed by atoms with Crippen molar-refractivity contribution in [3.8, 4) is 11.4 Å². The van der Waals surface area contributed by atoms with Crippen LogP contribution in [0.1, 0.15) is 5.89 Å². The number of aliphatic hydroxyl groups excluding tert-OH is 2. The maximum Gasteiger partial charge on any atom is 0.272 e. The molecule has 0 bridgehead atoms. The summed E-state index contributed by atoms with van der Waals surface area (Å²) < 4.78 is 10.3. The summed E-state index contributed by atoms with van der Waals surface area (Å²) in [6.07, 6.45) is -2.03. The molecule has 0 spiro atoms. The number of hydroxylamine groups is 2. The van der Waals surface area contributed by atoms with E-state index in [2.05, 4.69) is 10.1 Å². The summed E-state index contributed by atoms with van der Waals surface area (Å²) in [7, 11) is 0. The quantitative estimate of drug-likeness (QED) is 0.768. The third-order valence-corrected chi connectivity index (χ3v) is 3.43. The molecule has 1 aromatic heterocycles. The molecule has 3 rings (SSSR count). The second-order valence-electron chi connectivity index (χ2n) is 5.26. The number of rotatable bonds is 5. The summed E-state index contributed by atoms with van der Waals surface area (Å²) in [5.41, 5.74) is 0.817. The first-order chi connectivity index (χ1) is 11.6. The van der Waals surface area contributed by atoms with E-state index in [4.69, 9.17) is 14.1 Å². The molecule has 9 nitrogen and oxygen atoms in total. The van der Waals surface area contributed by atoms with Gasteiger partial charge in [-0.15, -0.1) is 0 Å². The summed E-state index contributed by atoms with van der Waals surface area (Å²) in [4.78, 5) is 21.1. The molecule has 9 heteroatoms. The van der Waals surface area contributed by atoms with E-state index >= 15 is 0 Å². The van der Waals surface area contributed by atoms with Gasteiger partial charge in [-0.3, -0.25) is 9.63 Å². The van der Waals surface area contributed by atoms with Crippen LogP contribution in [0.15, 0.2) is 34.9 Å². The van der Waals surface area contributed by atoms with Crippen molar-refractivity contribution >= 4 is 5.91 Å². The summed E-state index contributed by atoms with van der Waals surface area (Å²) in [5.74, 6) is 0.220. The Kier molecular flexibility index (Phi) is 5.16. The molecule has 2 N–H and O–H groups in total. The van der Waals surface area contributed by atoms with Crippen molar-refractivity contribution in [1.29, 1.82) is 0 Å². The number of amides is 1. The molecule has 0 aliphatic carbocycles. The Morgan fingerprint density at radius 3 is 2.83 bits per heavy atom. The highest BCUT2D eigenvalue weighted by Gasteiger charge is 2.30. The van der Waals surface area contributed by atoms with E-state index in [0.29, 0.717) is 5.82 Å². The molecule has 1 aromatic carbocycles. The minimum atomic E-state index is -1.04. The molecule has 0 saturated carbocycles. The van der Waals surface area contributed by atoms with Crippen LogP contribution in [0.4, 0.5) is 0 Å². The molecule has 128 valence electrons. The minimum Gasteiger partial charge on any atom is -0.388 e. The highest BCUT2D eigenvalue weighted by molar-refractivity contribution is 5.76. The molecular weight excluding hydrogens is 318 g/mol. The lowest BCUT2D eigenvalue weighted by atomic mass is 10.2. The normalized spacial score (nSPS) is 21.0. The predicted octanol–water partition coefficient (Wildman–Crippen LogP) is -0.251. The Bertz CT molecular complexity index is 677. The molecule has 2 atom stereocenters. The van der Waals surface area contributed by atoms with Crippen LogP contribution < -0.4 is 0 Å². The van der Waals surface area contributed by atoms with Gasteiger partial charge in [0, 0.05) is 5.56 Å². The Labute approximate surface area is 137 Å². The lowest BCUT2D eigenvalue weighted by Crippen LogP contribution is -2.51. The van der Waals surface area contributed by atoms with Gasteiger partial charge in [0.1, 0.15) is 32.0 Å². The van der Waals surface area contributed by atoms with E-state index in [9.17, 15) is 15.0 Å². The number of hydrogen-bond acceptors (Lipinski definition) is 8. The van der Waals surface area contributed by atoms with Gasteiger partial charge in [0.2, 0.25) is 5.82 Å². The maximum absolute atomic E-state index is 11.9. The Morgan fingerprint density at radius 2 is 2.08 bits per heavy atom. The molecular formula is C15H17N3O6. The summed E-state index contributed by atoms with van der Waals surface area (Å²) in [6.45, 7) is -0.546. The molecule has 1 saturated heterocycles. The molecule has 1 amide bonds. The predicted molar refractivity (Wildman–Crippen MR) is 79.1 cm³/mol. The zero-order valence-corrected chi connectivity index (χ0v) is 12.7. The lowest BCUT2D eigenvalue weighted by molar-refractivity contribution is -0.239. The average Bonchev–Trinajstić information content (AvgIpc) is 3.07. The van der Waals surface area contributed by atoms with Crippen molar-refractivity contribution < 1.29 is 29.1 Å². The van der Waals surface area contributed by atoms with E-state index in [-0.39, 0.29) is 32.3 Å². The van der Waals surface area contributed by atoms with Crippen LogP contribution in [0.25, 0.3) is 11.4 Å². The van der Waals surface area contributed by atoms with Gasteiger partial charge in [-0.2, -0.15) is 4.98 Å². The summed E-state index contributed by atoms with van der Waals surface area (Å²) >= 11 is 0. The van der Waals surface area contributed by atoms with Gasteiger partial charge < -0.3 is 19.5 Å². The van der Waals surface area contributed by atoms with Crippen LogP contribution in [-0.2, 0) is 21.0 Å². The van der Waals surface area contributed by atoms with Gasteiger partial charge in [0.05, 0.1) is 6.54 Å². The number of nitrogens with zero attached hydrogens (tertiary/aromatic N) is 3. The summed E-state index contributed by atoms with van der Waals surface area (Å²) in [5, 5.41) is 23.7. The number of ether oxygens (including phenoxy) is 1. The SMILES string of the molecule is O=C(COCc1nc(-c2ccccc2)no1)N1C[C@H](O)[C@H](O)CO1. The van der Waals surface area contributed by atoms with Crippen LogP contribution in [0.3, 0.4) is 0 Å². The van der Waals surface area contributed by atoms with Gasteiger partial charge in [-0.05, 0) is 0 Å². The third kappa shape index (κ3) is 3.95. The highest BCUT2D eigenvalue weighted by Crippen LogP contribution is 2.15. The topological polar surface area (TPSA) is 118 Å². The second-order valence-corrected chi connectivity index (χ2v) is 5.26. The molecule has 2 aromatic rings. The Morgan fingerprint density at radius 1 is 1.29 bits per heavy atom. The van der Waals surface area contributed by atoms with E-state index in [1.54, 1.807) is 0 Å². The maximum atomic E-state index is 11.9. The molecule has 0 unspecified atom stereocenters. The fourth-order valence-corrected chi connectivity index (χ4v) is 2.11. The van der Waals surface area contributed by atoms with E-state index in [1.165, 1.54) is 0 Å². The van der Waals surface area contributed by atoms with E-state index in [1.807, 2.05) is 30.3 Å². The number of benzene rings is 1. The van der Waals surface area contributed by atoms with Gasteiger partial charge in [-0.25, -0.2) is 5.06 Å². The van der Waals surface area contributed by atoms with Crippen molar-refractivity contribution in [3.63, 3.8) is 0 Å². The van der Waals surface area contributed by atoms with Crippen molar-refractivity contribution in [3.05, 3.63) is 36.2 Å². The van der Waals surface area contributed by atoms with Crippen LogP contribution in [0.2, 0.25) is 0 Å². The van der Waals surface area contributed by atoms with Crippen molar-refractivity contribution in [2.24, 2.45) is 0 Å². The highest BCUT2D eigenvalue weighted by atomic mass is 16.7. The minimum absolute atomic E-state index is 0.0232. The van der Waals surface area contributed by atoms with Crippen molar-refractivity contribution in [2.45, 2.75) is 18.8 Å².